The van der Waals surface area contributed by atoms with Crippen molar-refractivity contribution in [1.29, 1.82) is 10.5 Å². The number of carbonyl (C=O) groups excluding carboxylic acids is 1. The van der Waals surface area contributed by atoms with E-state index in [1.807, 2.05) is 64.9 Å². The number of para-hydroxylation sites is 1. The monoisotopic (exact) mass is 441 g/mol. The standard InChI is InChI=1S/C25H16ClN3OS/c26-18-8-3-2-7-17(18)22-23(24(30)20-10-5-13-31-20)29-19-9-4-1-6-16(19)11-12-21(29)25(22,14-27)15-28/h1-13,21-23H/t21-,22-,23+/m1/s1. The van der Waals surface area contributed by atoms with E-state index in [1.165, 1.54) is 11.3 Å². The summed E-state index contributed by atoms with van der Waals surface area (Å²) < 4.78 is 0. The fourth-order valence-corrected chi connectivity index (χ4v) is 5.82. The van der Waals surface area contributed by atoms with Crippen molar-refractivity contribution in [3.63, 3.8) is 0 Å². The molecule has 2 aliphatic heterocycles. The van der Waals surface area contributed by atoms with Gasteiger partial charge in [0.15, 0.2) is 11.2 Å². The van der Waals surface area contributed by atoms with Gasteiger partial charge >= 0.3 is 0 Å². The van der Waals surface area contributed by atoms with Gasteiger partial charge in [-0.2, -0.15) is 10.5 Å². The molecule has 150 valence electrons. The predicted octanol–water partition coefficient (Wildman–Crippen LogP) is 5.69. The number of nitriles is 2. The molecule has 31 heavy (non-hydrogen) atoms. The summed E-state index contributed by atoms with van der Waals surface area (Å²) in [6.45, 7) is 0. The van der Waals surface area contributed by atoms with E-state index in [1.54, 1.807) is 18.2 Å². The molecule has 3 aromatic rings. The van der Waals surface area contributed by atoms with Crippen molar-refractivity contribution in [3.05, 3.63) is 93.1 Å². The van der Waals surface area contributed by atoms with Crippen LogP contribution in [0.4, 0.5) is 5.69 Å². The Bertz CT molecular complexity index is 1270. The second-order valence-corrected chi connectivity index (χ2v) is 9.00. The van der Waals surface area contributed by atoms with Crippen molar-refractivity contribution in [2.45, 2.75) is 18.0 Å². The molecule has 0 amide bonds. The molecule has 0 saturated carbocycles. The van der Waals surface area contributed by atoms with E-state index in [-0.39, 0.29) is 5.78 Å². The molecule has 0 N–H and O–H groups in total. The number of hydrogen-bond acceptors (Lipinski definition) is 5. The zero-order valence-corrected chi connectivity index (χ0v) is 17.8. The molecular formula is C25H16ClN3OS. The second kappa shape index (κ2) is 7.39. The highest BCUT2D eigenvalue weighted by molar-refractivity contribution is 7.12. The van der Waals surface area contributed by atoms with Crippen molar-refractivity contribution in [3.8, 4) is 12.1 Å². The molecule has 0 unspecified atom stereocenters. The van der Waals surface area contributed by atoms with Crippen LogP contribution >= 0.6 is 22.9 Å². The Kier molecular flexibility index (Phi) is 4.67. The van der Waals surface area contributed by atoms with E-state index < -0.39 is 23.4 Å². The van der Waals surface area contributed by atoms with E-state index in [0.717, 1.165) is 11.3 Å². The topological polar surface area (TPSA) is 67.9 Å². The van der Waals surface area contributed by atoms with Gasteiger partial charge in [-0.3, -0.25) is 4.79 Å². The normalized spacial score (nSPS) is 22.8. The quantitative estimate of drug-likeness (QED) is 0.490. The van der Waals surface area contributed by atoms with Crippen LogP contribution in [0, 0.1) is 28.1 Å². The fourth-order valence-electron chi connectivity index (χ4n) is 4.87. The highest BCUT2D eigenvalue weighted by Crippen LogP contribution is 2.56. The average Bonchev–Trinajstić information content (AvgIpc) is 3.44. The van der Waals surface area contributed by atoms with Gasteiger partial charge in [0.05, 0.1) is 23.1 Å². The second-order valence-electron chi connectivity index (χ2n) is 7.65. The molecule has 3 atom stereocenters. The first-order valence-electron chi connectivity index (χ1n) is 9.82. The van der Waals surface area contributed by atoms with Crippen LogP contribution in [0.3, 0.4) is 0 Å². The number of halogens is 1. The van der Waals surface area contributed by atoms with Crippen molar-refractivity contribution < 1.29 is 4.79 Å². The van der Waals surface area contributed by atoms with E-state index in [9.17, 15) is 15.3 Å². The lowest BCUT2D eigenvalue weighted by Crippen LogP contribution is -2.44. The van der Waals surface area contributed by atoms with Gasteiger partial charge in [0, 0.05) is 16.6 Å². The largest absolute Gasteiger partial charge is 0.351 e. The molecule has 1 aromatic heterocycles. The Morgan fingerprint density at radius 1 is 1.03 bits per heavy atom. The third-order valence-corrected chi connectivity index (χ3v) is 7.42. The first-order chi connectivity index (χ1) is 15.1. The summed E-state index contributed by atoms with van der Waals surface area (Å²) in [5.74, 6) is -0.825. The molecule has 4 nitrogen and oxygen atoms in total. The van der Waals surface area contributed by atoms with Crippen LogP contribution < -0.4 is 4.90 Å². The molecule has 0 spiro atoms. The number of fused-ring (bicyclic) bond motifs is 3. The SMILES string of the molecule is N#CC1(C#N)[C@H](c2ccccc2Cl)[C@@H](C(=O)c2cccs2)N2c3ccccc3C=C[C@@H]21. The maximum atomic E-state index is 13.9. The van der Waals surface area contributed by atoms with Crippen LogP contribution in [0.2, 0.25) is 5.02 Å². The maximum absolute atomic E-state index is 13.9. The summed E-state index contributed by atoms with van der Waals surface area (Å²) in [5.41, 5.74) is 0.955. The molecule has 3 heterocycles. The third kappa shape index (κ3) is 2.75. The van der Waals surface area contributed by atoms with Crippen LogP contribution in [0.5, 0.6) is 0 Å². The Hall–Kier alpha value is -3.38. The van der Waals surface area contributed by atoms with Crippen LogP contribution in [-0.4, -0.2) is 17.9 Å². The summed E-state index contributed by atoms with van der Waals surface area (Å²) in [6, 6.07) is 21.9. The molecule has 0 radical (unpaired) electrons. The Morgan fingerprint density at radius 2 is 1.77 bits per heavy atom. The lowest BCUT2D eigenvalue weighted by Gasteiger charge is -2.35. The molecule has 0 aliphatic carbocycles. The smallest absolute Gasteiger partial charge is 0.195 e. The van der Waals surface area contributed by atoms with E-state index in [2.05, 4.69) is 12.1 Å². The zero-order valence-electron chi connectivity index (χ0n) is 16.3. The number of nitrogens with zero attached hydrogens (tertiary/aromatic N) is 3. The number of carbonyl (C=O) groups is 1. The Morgan fingerprint density at radius 3 is 2.48 bits per heavy atom. The highest BCUT2D eigenvalue weighted by Gasteiger charge is 2.63. The minimum atomic E-state index is -1.48. The average molecular weight is 442 g/mol. The molecule has 1 fully saturated rings. The minimum Gasteiger partial charge on any atom is -0.351 e. The van der Waals surface area contributed by atoms with Gasteiger partial charge in [0.1, 0.15) is 6.04 Å². The molecule has 2 aliphatic rings. The number of rotatable bonds is 3. The summed E-state index contributed by atoms with van der Waals surface area (Å²) in [5, 5.41) is 23.0. The molecule has 5 rings (SSSR count). The third-order valence-electron chi connectivity index (χ3n) is 6.19. The van der Waals surface area contributed by atoms with E-state index in [0.29, 0.717) is 15.5 Å². The minimum absolute atomic E-state index is 0.109. The first-order valence-corrected chi connectivity index (χ1v) is 11.1. The summed E-state index contributed by atoms with van der Waals surface area (Å²) in [7, 11) is 0. The van der Waals surface area contributed by atoms with Gasteiger partial charge in [-0.25, -0.2) is 0 Å². The van der Waals surface area contributed by atoms with E-state index in [4.69, 9.17) is 11.6 Å². The Balaban J connectivity index is 1.82. The van der Waals surface area contributed by atoms with E-state index >= 15 is 0 Å². The maximum Gasteiger partial charge on any atom is 0.195 e. The molecular weight excluding hydrogens is 426 g/mol. The van der Waals surface area contributed by atoms with Gasteiger partial charge in [-0.1, -0.05) is 66.2 Å². The highest BCUT2D eigenvalue weighted by atomic mass is 35.5. The number of thiophene rings is 1. The lowest BCUT2D eigenvalue weighted by molar-refractivity contribution is 0.0955. The Labute approximate surface area is 189 Å². The van der Waals surface area contributed by atoms with Gasteiger partial charge in [-0.15, -0.1) is 11.3 Å². The van der Waals surface area contributed by atoms with Gasteiger partial charge < -0.3 is 4.90 Å². The van der Waals surface area contributed by atoms with Crippen LogP contribution in [0.25, 0.3) is 6.08 Å². The van der Waals surface area contributed by atoms with Crippen molar-refractivity contribution in [2.24, 2.45) is 5.41 Å². The van der Waals surface area contributed by atoms with Crippen LogP contribution in [0.15, 0.2) is 72.1 Å². The number of benzene rings is 2. The van der Waals surface area contributed by atoms with Gasteiger partial charge in [0.2, 0.25) is 0 Å². The van der Waals surface area contributed by atoms with Crippen LogP contribution in [-0.2, 0) is 0 Å². The molecule has 1 saturated heterocycles. The number of hydrogen-bond donors (Lipinski definition) is 0. The summed E-state index contributed by atoms with van der Waals surface area (Å²) >= 11 is 7.94. The molecule has 0 bridgehead atoms. The number of anilines is 1. The van der Waals surface area contributed by atoms with Gasteiger partial charge in [0.25, 0.3) is 0 Å². The van der Waals surface area contributed by atoms with Gasteiger partial charge in [-0.05, 0) is 34.7 Å². The molecule has 6 heteroatoms. The first kappa shape index (κ1) is 19.6. The lowest BCUT2D eigenvalue weighted by atomic mass is 9.69. The number of ketones is 1. The summed E-state index contributed by atoms with van der Waals surface area (Å²) in [6.07, 6.45) is 3.81. The number of Topliss-reactive ketones (excluding diaryl/α,β-unsaturated/α-hetero) is 1. The molecule has 2 aromatic carbocycles. The zero-order chi connectivity index (χ0) is 21.6. The van der Waals surface area contributed by atoms with Crippen molar-refractivity contribution >= 4 is 40.5 Å². The predicted molar refractivity (Wildman–Crippen MR) is 122 cm³/mol. The van der Waals surface area contributed by atoms with Crippen molar-refractivity contribution in [2.75, 3.05) is 4.90 Å². The summed E-state index contributed by atoms with van der Waals surface area (Å²) in [4.78, 5) is 16.4. The van der Waals surface area contributed by atoms with Crippen LogP contribution in [0.1, 0.15) is 26.7 Å². The van der Waals surface area contributed by atoms with Crippen molar-refractivity contribution in [1.82, 2.24) is 0 Å². The fraction of sp³-hybridized carbons (Fsp3) is 0.160.